The molecule has 144 valence electrons. The lowest BCUT2D eigenvalue weighted by atomic mass is 10.1. The number of hydrogen-bond acceptors (Lipinski definition) is 4. The van der Waals surface area contributed by atoms with Crippen LogP contribution < -0.4 is 15.0 Å². The van der Waals surface area contributed by atoms with Crippen LogP contribution in [0.15, 0.2) is 30.3 Å². The van der Waals surface area contributed by atoms with Gasteiger partial charge in [-0.05, 0) is 49.2 Å². The fourth-order valence-corrected chi connectivity index (χ4v) is 3.24. The van der Waals surface area contributed by atoms with Gasteiger partial charge in [-0.3, -0.25) is 0 Å². The number of urea groups is 1. The highest BCUT2D eigenvalue weighted by atomic mass is 19.1. The number of nitrogens with zero attached hydrogens (tertiary/aromatic N) is 3. The first kappa shape index (κ1) is 18.9. The van der Waals surface area contributed by atoms with Gasteiger partial charge in [-0.1, -0.05) is 6.92 Å². The van der Waals surface area contributed by atoms with E-state index >= 15 is 0 Å². The number of ether oxygens (including phenoxy) is 1. The summed E-state index contributed by atoms with van der Waals surface area (Å²) in [6.07, 6.45) is 0.835. The number of piperazine rings is 1. The van der Waals surface area contributed by atoms with Crippen molar-refractivity contribution in [1.82, 2.24) is 9.88 Å². The summed E-state index contributed by atoms with van der Waals surface area (Å²) >= 11 is 0. The number of rotatable bonds is 4. The number of amides is 2. The number of carbonyl (C=O) groups excluding carboxylic acids is 1. The van der Waals surface area contributed by atoms with E-state index in [0.717, 1.165) is 23.4 Å². The Hall–Kier alpha value is -2.83. The monoisotopic (exact) mass is 372 g/mol. The average Bonchev–Trinajstić information content (AvgIpc) is 2.69. The molecule has 2 aromatic rings. The van der Waals surface area contributed by atoms with Gasteiger partial charge >= 0.3 is 6.03 Å². The number of nitrogens with one attached hydrogen (secondary N) is 1. The molecule has 1 aromatic carbocycles. The van der Waals surface area contributed by atoms with Crippen LogP contribution in [0, 0.1) is 12.7 Å². The van der Waals surface area contributed by atoms with Crippen molar-refractivity contribution in [2.24, 2.45) is 0 Å². The number of carbonyl (C=O) groups is 1. The molecule has 2 heterocycles. The van der Waals surface area contributed by atoms with Crippen LogP contribution in [0.1, 0.15) is 18.2 Å². The van der Waals surface area contributed by atoms with Crippen molar-refractivity contribution in [2.45, 2.75) is 20.3 Å². The van der Waals surface area contributed by atoms with Crippen molar-refractivity contribution in [1.29, 1.82) is 0 Å². The summed E-state index contributed by atoms with van der Waals surface area (Å²) in [6, 6.07) is 8.20. The van der Waals surface area contributed by atoms with Crippen LogP contribution in [0.5, 0.6) is 5.88 Å². The zero-order valence-corrected chi connectivity index (χ0v) is 16.0. The standard InChI is InChI=1S/C20H25FN4O2/c1-4-15-13-18(19(27-3)22-14(15)2)23-20(26)25-11-9-24(10-12-25)17-7-5-16(21)6-8-17/h5-8,13H,4,9-12H2,1-3H3,(H,23,26). The van der Waals surface area contributed by atoms with Crippen molar-refractivity contribution in [3.63, 3.8) is 0 Å². The molecule has 1 aromatic heterocycles. The van der Waals surface area contributed by atoms with E-state index in [1.165, 1.54) is 12.1 Å². The second kappa shape index (κ2) is 8.24. The molecule has 7 heteroatoms. The third-order valence-corrected chi connectivity index (χ3v) is 4.86. The van der Waals surface area contributed by atoms with Crippen molar-refractivity contribution < 1.29 is 13.9 Å². The predicted octanol–water partition coefficient (Wildman–Crippen LogP) is 3.45. The van der Waals surface area contributed by atoms with Gasteiger partial charge in [-0.25, -0.2) is 14.2 Å². The highest BCUT2D eigenvalue weighted by Crippen LogP contribution is 2.26. The highest BCUT2D eigenvalue weighted by Gasteiger charge is 2.22. The van der Waals surface area contributed by atoms with Gasteiger partial charge < -0.3 is 19.9 Å². The molecule has 3 rings (SSSR count). The second-order valence-corrected chi connectivity index (χ2v) is 6.52. The molecule has 1 saturated heterocycles. The molecular formula is C20H25FN4O2. The summed E-state index contributed by atoms with van der Waals surface area (Å²) in [4.78, 5) is 21.0. The minimum absolute atomic E-state index is 0.167. The van der Waals surface area contributed by atoms with Crippen molar-refractivity contribution in [3.05, 3.63) is 47.4 Å². The quantitative estimate of drug-likeness (QED) is 0.893. The Morgan fingerprint density at radius 3 is 2.48 bits per heavy atom. The third-order valence-electron chi connectivity index (χ3n) is 4.86. The number of methoxy groups -OCH3 is 1. The number of benzene rings is 1. The molecule has 0 bridgehead atoms. The molecule has 1 aliphatic heterocycles. The van der Waals surface area contributed by atoms with E-state index < -0.39 is 0 Å². The zero-order valence-electron chi connectivity index (χ0n) is 16.0. The lowest BCUT2D eigenvalue weighted by molar-refractivity contribution is 0.208. The Labute approximate surface area is 158 Å². The summed E-state index contributed by atoms with van der Waals surface area (Å²) < 4.78 is 18.4. The maximum Gasteiger partial charge on any atom is 0.322 e. The van der Waals surface area contributed by atoms with Crippen LogP contribution in [0.3, 0.4) is 0 Å². The fourth-order valence-electron chi connectivity index (χ4n) is 3.24. The van der Waals surface area contributed by atoms with Gasteiger partial charge in [0.15, 0.2) is 0 Å². The molecule has 2 amide bonds. The lowest BCUT2D eigenvalue weighted by Gasteiger charge is -2.36. The summed E-state index contributed by atoms with van der Waals surface area (Å²) in [5, 5.41) is 2.93. The average molecular weight is 372 g/mol. The van der Waals surface area contributed by atoms with Crippen molar-refractivity contribution >= 4 is 17.4 Å². The molecule has 0 aliphatic carbocycles. The first-order valence-corrected chi connectivity index (χ1v) is 9.12. The smallest absolute Gasteiger partial charge is 0.322 e. The predicted molar refractivity (Wildman–Crippen MR) is 104 cm³/mol. The van der Waals surface area contributed by atoms with Crippen LogP contribution in [0.2, 0.25) is 0 Å². The number of aromatic nitrogens is 1. The van der Waals surface area contributed by atoms with Crippen LogP contribution >= 0.6 is 0 Å². The molecule has 6 nitrogen and oxygen atoms in total. The van der Waals surface area contributed by atoms with E-state index in [1.807, 2.05) is 13.0 Å². The first-order valence-electron chi connectivity index (χ1n) is 9.12. The number of pyridine rings is 1. The van der Waals surface area contributed by atoms with Gasteiger partial charge in [0, 0.05) is 37.6 Å². The van der Waals surface area contributed by atoms with Gasteiger partial charge in [0.1, 0.15) is 11.5 Å². The number of hydrogen-bond donors (Lipinski definition) is 1. The van der Waals surface area contributed by atoms with Crippen LogP contribution in [0.4, 0.5) is 20.6 Å². The second-order valence-electron chi connectivity index (χ2n) is 6.52. The summed E-state index contributed by atoms with van der Waals surface area (Å²) in [6.45, 7) is 6.56. The topological polar surface area (TPSA) is 57.7 Å². The fraction of sp³-hybridized carbons (Fsp3) is 0.400. The van der Waals surface area contributed by atoms with E-state index in [9.17, 15) is 9.18 Å². The third kappa shape index (κ3) is 4.30. The van der Waals surface area contributed by atoms with E-state index in [0.29, 0.717) is 37.7 Å². The Bertz CT molecular complexity index is 802. The van der Waals surface area contributed by atoms with Crippen LogP contribution in [-0.2, 0) is 6.42 Å². The van der Waals surface area contributed by atoms with Gasteiger partial charge in [0.2, 0.25) is 5.88 Å². The Morgan fingerprint density at radius 1 is 1.22 bits per heavy atom. The first-order chi connectivity index (χ1) is 13.0. The Morgan fingerprint density at radius 2 is 1.89 bits per heavy atom. The molecule has 0 saturated carbocycles. The van der Waals surface area contributed by atoms with Gasteiger partial charge in [0.25, 0.3) is 0 Å². The lowest BCUT2D eigenvalue weighted by Crippen LogP contribution is -2.50. The molecule has 0 spiro atoms. The van der Waals surface area contributed by atoms with Gasteiger partial charge in [-0.15, -0.1) is 0 Å². The minimum Gasteiger partial charge on any atom is -0.480 e. The molecule has 27 heavy (non-hydrogen) atoms. The summed E-state index contributed by atoms with van der Waals surface area (Å²) in [5.74, 6) is 0.173. The Balaban J connectivity index is 1.64. The maximum absolute atomic E-state index is 13.1. The molecule has 0 atom stereocenters. The van der Waals surface area contributed by atoms with Crippen LogP contribution in [0.25, 0.3) is 0 Å². The normalized spacial score (nSPS) is 14.2. The maximum atomic E-state index is 13.1. The van der Waals surface area contributed by atoms with Gasteiger partial charge in [-0.2, -0.15) is 0 Å². The SMILES string of the molecule is CCc1cc(NC(=O)N2CCN(c3ccc(F)cc3)CC2)c(OC)nc1C. The largest absolute Gasteiger partial charge is 0.480 e. The Kier molecular flexibility index (Phi) is 5.78. The molecule has 0 radical (unpaired) electrons. The number of halogens is 1. The zero-order chi connectivity index (χ0) is 19.4. The molecule has 1 N–H and O–H groups in total. The van der Waals surface area contributed by atoms with Crippen molar-refractivity contribution in [2.75, 3.05) is 43.5 Å². The van der Waals surface area contributed by atoms with E-state index in [1.54, 1.807) is 24.1 Å². The van der Waals surface area contributed by atoms with Crippen LogP contribution in [-0.4, -0.2) is 49.2 Å². The number of aryl methyl sites for hydroxylation is 2. The van der Waals surface area contributed by atoms with E-state index in [-0.39, 0.29) is 11.8 Å². The van der Waals surface area contributed by atoms with Crippen molar-refractivity contribution in [3.8, 4) is 5.88 Å². The molecule has 0 unspecified atom stereocenters. The summed E-state index contributed by atoms with van der Waals surface area (Å²) in [5.41, 5.74) is 3.53. The van der Waals surface area contributed by atoms with E-state index in [2.05, 4.69) is 22.1 Å². The molecular weight excluding hydrogens is 347 g/mol. The highest BCUT2D eigenvalue weighted by molar-refractivity contribution is 5.91. The number of anilines is 2. The summed E-state index contributed by atoms with van der Waals surface area (Å²) in [7, 11) is 1.55. The van der Waals surface area contributed by atoms with E-state index in [4.69, 9.17) is 4.74 Å². The van der Waals surface area contributed by atoms with Gasteiger partial charge in [0.05, 0.1) is 7.11 Å². The molecule has 1 aliphatic rings. The molecule has 1 fully saturated rings. The minimum atomic E-state index is -0.246.